The number of hydrogen-bond donors (Lipinski definition) is 3. The Balaban J connectivity index is 1.65. The second-order valence-electron chi connectivity index (χ2n) is 8.13. The van der Waals surface area contributed by atoms with Gasteiger partial charge in [-0.15, -0.1) is 0 Å². The van der Waals surface area contributed by atoms with Crippen LogP contribution < -0.4 is 25.6 Å². The second kappa shape index (κ2) is 12.1. The Hall–Kier alpha value is -3.73. The van der Waals surface area contributed by atoms with Gasteiger partial charge in [-0.2, -0.15) is 0 Å². The van der Waals surface area contributed by atoms with Crippen LogP contribution in [-0.4, -0.2) is 42.0 Å². The van der Waals surface area contributed by atoms with Crippen molar-refractivity contribution in [3.8, 4) is 5.75 Å². The van der Waals surface area contributed by atoms with E-state index in [1.54, 1.807) is 30.3 Å². The van der Waals surface area contributed by atoms with E-state index in [0.29, 0.717) is 29.2 Å². The summed E-state index contributed by atoms with van der Waals surface area (Å²) in [5.41, 5.74) is 1.60. The van der Waals surface area contributed by atoms with Crippen LogP contribution in [0, 0.1) is 10.1 Å². The van der Waals surface area contributed by atoms with Gasteiger partial charge in [0, 0.05) is 42.9 Å². The first-order valence-corrected chi connectivity index (χ1v) is 11.9. The number of hydrogen-bond acceptors (Lipinski definition) is 7. The summed E-state index contributed by atoms with van der Waals surface area (Å²) in [7, 11) is 1.49. The van der Waals surface area contributed by atoms with Crippen molar-refractivity contribution in [1.82, 2.24) is 5.32 Å². The third-order valence-corrected chi connectivity index (χ3v) is 5.80. The molecule has 11 heteroatoms. The minimum Gasteiger partial charge on any atom is -0.494 e. The van der Waals surface area contributed by atoms with Crippen LogP contribution in [-0.2, 0) is 4.79 Å². The minimum atomic E-state index is -0.564. The van der Waals surface area contributed by atoms with Crippen molar-refractivity contribution in [2.75, 3.05) is 35.7 Å². The highest BCUT2D eigenvalue weighted by molar-refractivity contribution is 7.80. The molecule has 3 rings (SSSR count). The largest absolute Gasteiger partial charge is 0.494 e. The van der Waals surface area contributed by atoms with E-state index in [-0.39, 0.29) is 22.3 Å². The standard InChI is InChI=1S/C24H29N5O5S/c1-3-4-7-22(30)26-18-10-9-17(15-21(18)34-2)25-24(35)27-23(31)16-8-11-19(20(14-16)29(32)33)28-12-5-6-13-28/h8-11,14-15H,3-7,12-13H2,1-2H3,(H,26,30)(H2,25,27,31,35). The van der Waals surface area contributed by atoms with E-state index < -0.39 is 10.8 Å². The van der Waals surface area contributed by atoms with Crippen molar-refractivity contribution in [3.05, 3.63) is 52.1 Å². The highest BCUT2D eigenvalue weighted by Gasteiger charge is 2.24. The molecule has 0 aliphatic carbocycles. The number of rotatable bonds is 9. The van der Waals surface area contributed by atoms with Crippen molar-refractivity contribution in [2.45, 2.75) is 39.0 Å². The lowest BCUT2D eigenvalue weighted by atomic mass is 10.1. The molecule has 0 aromatic heterocycles. The molecule has 0 radical (unpaired) electrons. The Bertz CT molecular complexity index is 1120. The molecule has 0 atom stereocenters. The SMILES string of the molecule is CCCCC(=O)Nc1ccc(NC(=S)NC(=O)c2ccc(N3CCCC3)c([N+](=O)[O-])c2)cc1OC. The highest BCUT2D eigenvalue weighted by atomic mass is 32.1. The zero-order valence-corrected chi connectivity index (χ0v) is 20.6. The number of ether oxygens (including phenoxy) is 1. The van der Waals surface area contributed by atoms with Gasteiger partial charge in [0.2, 0.25) is 5.91 Å². The number of anilines is 3. The van der Waals surface area contributed by atoms with Gasteiger partial charge >= 0.3 is 0 Å². The van der Waals surface area contributed by atoms with Gasteiger partial charge in [0.05, 0.1) is 17.7 Å². The van der Waals surface area contributed by atoms with Gasteiger partial charge < -0.3 is 20.3 Å². The first-order valence-electron chi connectivity index (χ1n) is 11.5. The van der Waals surface area contributed by atoms with Gasteiger partial charge in [-0.1, -0.05) is 13.3 Å². The molecule has 1 aliphatic rings. The van der Waals surface area contributed by atoms with Gasteiger partial charge in [-0.05, 0) is 55.7 Å². The lowest BCUT2D eigenvalue weighted by Gasteiger charge is -2.18. The van der Waals surface area contributed by atoms with Crippen LogP contribution in [0.3, 0.4) is 0 Å². The first-order chi connectivity index (χ1) is 16.8. The minimum absolute atomic E-state index is 0.0167. The van der Waals surface area contributed by atoms with E-state index in [4.69, 9.17) is 17.0 Å². The molecular formula is C24H29N5O5S. The molecule has 0 saturated carbocycles. The summed E-state index contributed by atoms with van der Waals surface area (Å²) in [5, 5.41) is 19.9. The molecule has 0 spiro atoms. The van der Waals surface area contributed by atoms with Crippen molar-refractivity contribution in [2.24, 2.45) is 0 Å². The molecule has 10 nitrogen and oxygen atoms in total. The first kappa shape index (κ1) is 25.9. The van der Waals surface area contributed by atoms with Crippen LogP contribution in [0.15, 0.2) is 36.4 Å². The zero-order valence-electron chi connectivity index (χ0n) is 19.8. The number of carbonyl (C=O) groups excluding carboxylic acids is 2. The fourth-order valence-electron chi connectivity index (χ4n) is 3.80. The number of methoxy groups -OCH3 is 1. The Morgan fingerprint density at radius 3 is 2.54 bits per heavy atom. The van der Waals surface area contributed by atoms with Crippen molar-refractivity contribution >= 4 is 51.9 Å². The van der Waals surface area contributed by atoms with E-state index in [9.17, 15) is 19.7 Å². The van der Waals surface area contributed by atoms with Crippen molar-refractivity contribution in [3.63, 3.8) is 0 Å². The van der Waals surface area contributed by atoms with E-state index >= 15 is 0 Å². The molecule has 2 aromatic rings. The van der Waals surface area contributed by atoms with E-state index in [2.05, 4.69) is 16.0 Å². The van der Waals surface area contributed by atoms with E-state index in [0.717, 1.165) is 38.8 Å². The van der Waals surface area contributed by atoms with Gasteiger partial charge in [0.25, 0.3) is 11.6 Å². The average molecular weight is 500 g/mol. The van der Waals surface area contributed by atoms with Gasteiger partial charge in [0.15, 0.2) is 5.11 Å². The molecule has 0 bridgehead atoms. The van der Waals surface area contributed by atoms with E-state index in [1.807, 2.05) is 11.8 Å². The van der Waals surface area contributed by atoms with Crippen LogP contribution in [0.5, 0.6) is 5.75 Å². The Morgan fingerprint density at radius 1 is 1.14 bits per heavy atom. The fraction of sp³-hybridized carbons (Fsp3) is 0.375. The lowest BCUT2D eigenvalue weighted by Crippen LogP contribution is -2.34. The van der Waals surface area contributed by atoms with Crippen LogP contribution >= 0.6 is 12.2 Å². The number of nitro benzene ring substituents is 1. The summed E-state index contributed by atoms with van der Waals surface area (Å²) in [4.78, 5) is 37.8. The summed E-state index contributed by atoms with van der Waals surface area (Å²) >= 11 is 5.24. The van der Waals surface area contributed by atoms with E-state index in [1.165, 1.54) is 13.2 Å². The zero-order chi connectivity index (χ0) is 25.4. The van der Waals surface area contributed by atoms with Crippen LogP contribution in [0.25, 0.3) is 0 Å². The molecule has 1 saturated heterocycles. The summed E-state index contributed by atoms with van der Waals surface area (Å²) < 4.78 is 5.36. The quantitative estimate of drug-likeness (QED) is 0.262. The number of carbonyl (C=O) groups is 2. The molecule has 1 fully saturated rings. The van der Waals surface area contributed by atoms with Gasteiger partial charge in [-0.3, -0.25) is 25.0 Å². The molecular weight excluding hydrogens is 470 g/mol. The molecule has 3 N–H and O–H groups in total. The maximum atomic E-state index is 12.7. The number of nitrogens with one attached hydrogen (secondary N) is 3. The van der Waals surface area contributed by atoms with Crippen molar-refractivity contribution < 1.29 is 19.2 Å². The summed E-state index contributed by atoms with van der Waals surface area (Å²) in [6, 6.07) is 9.43. The number of unbranched alkanes of at least 4 members (excludes halogenated alkanes) is 1. The Labute approximate surface area is 209 Å². The third kappa shape index (κ3) is 6.89. The topological polar surface area (TPSA) is 126 Å². The monoisotopic (exact) mass is 499 g/mol. The maximum absolute atomic E-state index is 12.7. The van der Waals surface area contributed by atoms with Gasteiger partial charge in [0.1, 0.15) is 11.4 Å². The number of nitrogens with zero attached hydrogens (tertiary/aromatic N) is 2. The third-order valence-electron chi connectivity index (χ3n) is 5.60. The summed E-state index contributed by atoms with van der Waals surface area (Å²) in [6.07, 6.45) is 4.11. The van der Waals surface area contributed by atoms with Crippen LogP contribution in [0.4, 0.5) is 22.7 Å². The normalized spacial score (nSPS) is 12.7. The van der Waals surface area contributed by atoms with Gasteiger partial charge in [-0.25, -0.2) is 0 Å². The molecule has 2 amide bonds. The summed E-state index contributed by atoms with van der Waals surface area (Å²) in [6.45, 7) is 3.52. The number of nitro groups is 1. The maximum Gasteiger partial charge on any atom is 0.293 e. The second-order valence-corrected chi connectivity index (χ2v) is 8.54. The molecule has 1 heterocycles. The van der Waals surface area contributed by atoms with Crippen molar-refractivity contribution in [1.29, 1.82) is 0 Å². The average Bonchev–Trinajstić information content (AvgIpc) is 3.38. The number of thiocarbonyl (C=S) groups is 1. The highest BCUT2D eigenvalue weighted by Crippen LogP contribution is 2.32. The lowest BCUT2D eigenvalue weighted by molar-refractivity contribution is -0.384. The predicted molar refractivity (Wildman–Crippen MR) is 139 cm³/mol. The molecule has 186 valence electrons. The fourth-order valence-corrected chi connectivity index (χ4v) is 4.01. The molecule has 1 aliphatic heterocycles. The smallest absolute Gasteiger partial charge is 0.293 e. The molecule has 0 unspecified atom stereocenters. The molecule has 2 aromatic carbocycles. The Kier molecular flexibility index (Phi) is 8.96. The number of benzene rings is 2. The van der Waals surface area contributed by atoms with Crippen LogP contribution in [0.1, 0.15) is 49.4 Å². The Morgan fingerprint density at radius 2 is 1.89 bits per heavy atom. The van der Waals surface area contributed by atoms with Crippen LogP contribution in [0.2, 0.25) is 0 Å². The number of amides is 2. The predicted octanol–water partition coefficient (Wildman–Crippen LogP) is 4.46. The molecule has 35 heavy (non-hydrogen) atoms. The summed E-state index contributed by atoms with van der Waals surface area (Å²) in [5.74, 6) is -0.231.